The lowest BCUT2D eigenvalue weighted by Gasteiger charge is -2.33. The zero-order valence-electron chi connectivity index (χ0n) is 14.1. The molecular formula is C18H21N3O4. The number of carbonyl (C=O) groups is 3. The lowest BCUT2D eigenvalue weighted by atomic mass is 10.1. The van der Waals surface area contributed by atoms with E-state index in [1.807, 2.05) is 6.07 Å². The first-order valence-electron chi connectivity index (χ1n) is 8.76. The van der Waals surface area contributed by atoms with Crippen LogP contribution in [0.15, 0.2) is 18.2 Å². The Bertz CT molecular complexity index is 744. The van der Waals surface area contributed by atoms with Gasteiger partial charge in [0.05, 0.1) is 16.9 Å². The van der Waals surface area contributed by atoms with E-state index in [4.69, 9.17) is 4.74 Å². The van der Waals surface area contributed by atoms with Crippen molar-refractivity contribution in [3.8, 4) is 0 Å². The Morgan fingerprint density at radius 2 is 2.12 bits per heavy atom. The van der Waals surface area contributed by atoms with Crippen LogP contribution < -0.4 is 15.5 Å². The number of fused-ring (bicyclic) bond motifs is 3. The van der Waals surface area contributed by atoms with Gasteiger partial charge in [0.1, 0.15) is 6.04 Å². The highest BCUT2D eigenvalue weighted by Gasteiger charge is 2.36. The van der Waals surface area contributed by atoms with Crippen molar-refractivity contribution < 1.29 is 19.1 Å². The molecule has 3 aliphatic rings. The van der Waals surface area contributed by atoms with Crippen molar-refractivity contribution in [1.29, 1.82) is 0 Å². The first-order valence-corrected chi connectivity index (χ1v) is 8.76. The summed E-state index contributed by atoms with van der Waals surface area (Å²) in [6, 6.07) is 5.24. The molecule has 2 heterocycles. The number of hydrogen-bond acceptors (Lipinski definition) is 5. The Kier molecular flexibility index (Phi) is 3.86. The molecule has 4 rings (SSSR count). The minimum Gasteiger partial charge on any atom is -0.449 e. The highest BCUT2D eigenvalue weighted by molar-refractivity contribution is 6.05. The Labute approximate surface area is 145 Å². The van der Waals surface area contributed by atoms with Crippen molar-refractivity contribution in [1.82, 2.24) is 5.32 Å². The van der Waals surface area contributed by atoms with Crippen molar-refractivity contribution in [2.75, 3.05) is 16.8 Å². The van der Waals surface area contributed by atoms with E-state index < -0.39 is 12.1 Å². The number of amides is 2. The van der Waals surface area contributed by atoms with Crippen LogP contribution in [-0.2, 0) is 14.3 Å². The Morgan fingerprint density at radius 3 is 2.88 bits per heavy atom. The number of anilines is 2. The topological polar surface area (TPSA) is 87.7 Å². The lowest BCUT2D eigenvalue weighted by molar-refractivity contribution is -0.129. The van der Waals surface area contributed by atoms with Crippen LogP contribution in [0.1, 0.15) is 43.0 Å². The van der Waals surface area contributed by atoms with E-state index >= 15 is 0 Å². The molecule has 2 amide bonds. The van der Waals surface area contributed by atoms with Gasteiger partial charge >= 0.3 is 5.97 Å². The van der Waals surface area contributed by atoms with E-state index in [0.29, 0.717) is 11.3 Å². The summed E-state index contributed by atoms with van der Waals surface area (Å²) in [4.78, 5) is 38.5. The SMILES string of the molecule is C[C@H](OC(=O)c1ccc2c(c1)NC(=O)[C@H]1CCCN21)C(=O)NC1CC1. The number of carbonyl (C=O) groups excluding carboxylic acids is 3. The third-order valence-electron chi connectivity index (χ3n) is 4.93. The summed E-state index contributed by atoms with van der Waals surface area (Å²) in [6.07, 6.45) is 2.95. The monoisotopic (exact) mass is 343 g/mol. The molecule has 0 bridgehead atoms. The van der Waals surface area contributed by atoms with Gasteiger partial charge in [0.15, 0.2) is 6.10 Å². The second kappa shape index (κ2) is 6.06. The Balaban J connectivity index is 1.47. The number of nitrogens with zero attached hydrogens (tertiary/aromatic N) is 1. The number of esters is 1. The number of ether oxygens (including phenoxy) is 1. The molecule has 1 aliphatic carbocycles. The smallest absolute Gasteiger partial charge is 0.338 e. The summed E-state index contributed by atoms with van der Waals surface area (Å²) in [5.74, 6) is -0.881. The fraction of sp³-hybridized carbons (Fsp3) is 0.500. The molecule has 132 valence electrons. The Hall–Kier alpha value is -2.57. The molecule has 1 saturated heterocycles. The molecular weight excluding hydrogens is 322 g/mol. The summed E-state index contributed by atoms with van der Waals surface area (Å²) in [5.41, 5.74) is 1.87. The molecule has 2 aliphatic heterocycles. The molecule has 0 radical (unpaired) electrons. The zero-order chi connectivity index (χ0) is 17.6. The summed E-state index contributed by atoms with van der Waals surface area (Å²) >= 11 is 0. The zero-order valence-corrected chi connectivity index (χ0v) is 14.1. The molecule has 2 atom stereocenters. The summed E-state index contributed by atoms with van der Waals surface area (Å²) in [5, 5.41) is 5.68. The third-order valence-corrected chi connectivity index (χ3v) is 4.93. The fourth-order valence-electron chi connectivity index (χ4n) is 3.39. The van der Waals surface area contributed by atoms with E-state index in [-0.39, 0.29) is 23.9 Å². The van der Waals surface area contributed by atoms with Crippen LogP contribution >= 0.6 is 0 Å². The quantitative estimate of drug-likeness (QED) is 0.808. The van der Waals surface area contributed by atoms with Gasteiger partial charge in [-0.25, -0.2) is 4.79 Å². The predicted molar refractivity (Wildman–Crippen MR) is 91.5 cm³/mol. The minimum absolute atomic E-state index is 0.0345. The molecule has 1 aromatic carbocycles. The van der Waals surface area contributed by atoms with E-state index in [1.165, 1.54) is 0 Å². The summed E-state index contributed by atoms with van der Waals surface area (Å²) in [6.45, 7) is 2.40. The second-order valence-corrected chi connectivity index (χ2v) is 6.90. The molecule has 1 aromatic rings. The maximum atomic E-state index is 12.3. The van der Waals surface area contributed by atoms with E-state index in [9.17, 15) is 14.4 Å². The minimum atomic E-state index is -0.846. The molecule has 7 nitrogen and oxygen atoms in total. The van der Waals surface area contributed by atoms with E-state index in [1.54, 1.807) is 19.1 Å². The van der Waals surface area contributed by atoms with Crippen molar-refractivity contribution >= 4 is 29.2 Å². The maximum absolute atomic E-state index is 12.3. The first kappa shape index (κ1) is 15.9. The normalized spacial score (nSPS) is 22.5. The average Bonchev–Trinajstić information content (AvgIpc) is 3.25. The highest BCUT2D eigenvalue weighted by atomic mass is 16.5. The van der Waals surface area contributed by atoms with Crippen LogP contribution in [0.2, 0.25) is 0 Å². The van der Waals surface area contributed by atoms with Crippen molar-refractivity contribution in [3.05, 3.63) is 23.8 Å². The molecule has 1 saturated carbocycles. The van der Waals surface area contributed by atoms with Crippen LogP contribution in [0.25, 0.3) is 0 Å². The van der Waals surface area contributed by atoms with E-state index in [2.05, 4.69) is 15.5 Å². The number of hydrogen-bond donors (Lipinski definition) is 2. The van der Waals surface area contributed by atoms with Gasteiger partial charge in [-0.05, 0) is 50.8 Å². The van der Waals surface area contributed by atoms with Crippen LogP contribution in [0.5, 0.6) is 0 Å². The number of rotatable bonds is 4. The predicted octanol–water partition coefficient (Wildman–Crippen LogP) is 1.43. The second-order valence-electron chi connectivity index (χ2n) is 6.90. The molecule has 25 heavy (non-hydrogen) atoms. The first-order chi connectivity index (χ1) is 12.0. The van der Waals surface area contributed by atoms with E-state index in [0.717, 1.165) is 37.9 Å². The van der Waals surface area contributed by atoms with Gasteiger partial charge < -0.3 is 20.3 Å². The molecule has 7 heteroatoms. The van der Waals surface area contributed by atoms with Gasteiger partial charge in [0.2, 0.25) is 5.91 Å². The van der Waals surface area contributed by atoms with Crippen LogP contribution in [0.3, 0.4) is 0 Å². The molecule has 2 N–H and O–H groups in total. The fourth-order valence-corrected chi connectivity index (χ4v) is 3.39. The largest absolute Gasteiger partial charge is 0.449 e. The number of nitrogens with one attached hydrogen (secondary N) is 2. The van der Waals surface area contributed by atoms with Crippen molar-refractivity contribution in [2.24, 2.45) is 0 Å². The van der Waals surface area contributed by atoms with Gasteiger partial charge in [-0.2, -0.15) is 0 Å². The van der Waals surface area contributed by atoms with Crippen LogP contribution in [0, 0.1) is 0 Å². The van der Waals surface area contributed by atoms with Crippen LogP contribution in [0.4, 0.5) is 11.4 Å². The van der Waals surface area contributed by atoms with Gasteiger partial charge in [-0.1, -0.05) is 0 Å². The van der Waals surface area contributed by atoms with Crippen LogP contribution in [-0.4, -0.2) is 42.5 Å². The number of benzene rings is 1. The van der Waals surface area contributed by atoms with Crippen molar-refractivity contribution in [3.63, 3.8) is 0 Å². The maximum Gasteiger partial charge on any atom is 0.338 e. The van der Waals surface area contributed by atoms with Gasteiger partial charge in [-0.3, -0.25) is 9.59 Å². The molecule has 0 aromatic heterocycles. The summed E-state index contributed by atoms with van der Waals surface area (Å²) < 4.78 is 5.25. The third kappa shape index (κ3) is 3.06. The van der Waals surface area contributed by atoms with Gasteiger partial charge in [0.25, 0.3) is 5.91 Å². The Morgan fingerprint density at radius 1 is 1.32 bits per heavy atom. The summed E-state index contributed by atoms with van der Waals surface area (Å²) in [7, 11) is 0. The molecule has 2 fully saturated rings. The standard InChI is InChI=1S/C18H21N3O4/c1-10(16(22)19-12-5-6-12)25-18(24)11-4-7-14-13(9-11)20-17(23)15-3-2-8-21(14)15/h4,7,9-10,12,15H,2-3,5-6,8H2,1H3,(H,19,22)(H,20,23)/t10-,15+/m0/s1. The highest BCUT2D eigenvalue weighted by Crippen LogP contribution is 2.37. The average molecular weight is 343 g/mol. The van der Waals surface area contributed by atoms with Gasteiger partial charge in [-0.15, -0.1) is 0 Å². The molecule has 0 spiro atoms. The lowest BCUT2D eigenvalue weighted by Crippen LogP contribution is -2.44. The van der Waals surface area contributed by atoms with Gasteiger partial charge in [0, 0.05) is 12.6 Å². The molecule has 0 unspecified atom stereocenters. The van der Waals surface area contributed by atoms with Crippen molar-refractivity contribution in [2.45, 2.75) is 50.8 Å².